The quantitative estimate of drug-likeness (QED) is 0.520. The van der Waals surface area contributed by atoms with Gasteiger partial charge in [0, 0.05) is 42.7 Å². The van der Waals surface area contributed by atoms with Gasteiger partial charge in [0.1, 0.15) is 17.6 Å². The van der Waals surface area contributed by atoms with Gasteiger partial charge in [0.15, 0.2) is 5.65 Å². The van der Waals surface area contributed by atoms with Crippen LogP contribution in [0.15, 0.2) is 36.4 Å². The smallest absolute Gasteiger partial charge is 0.182 e. The maximum atomic E-state index is 14.7. The molecule has 0 unspecified atom stereocenters. The second-order valence-electron chi connectivity index (χ2n) is 7.43. The lowest BCUT2D eigenvalue weighted by Crippen LogP contribution is -2.08. The van der Waals surface area contributed by atoms with E-state index in [4.69, 9.17) is 0 Å². The third kappa shape index (κ3) is 3.03. The van der Waals surface area contributed by atoms with Crippen molar-refractivity contribution in [1.82, 2.24) is 15.2 Å². The molecule has 30 heavy (non-hydrogen) atoms. The lowest BCUT2D eigenvalue weighted by Gasteiger charge is -2.17. The van der Waals surface area contributed by atoms with Crippen LogP contribution >= 0.6 is 0 Å². The third-order valence-corrected chi connectivity index (χ3v) is 5.20. The Kier molecular flexibility index (Phi) is 4.63. The lowest BCUT2D eigenvalue weighted by atomic mass is 9.90. The number of rotatable bonds is 3. The normalized spacial score (nSPS) is 10.9. The van der Waals surface area contributed by atoms with E-state index in [0.717, 1.165) is 34.0 Å². The fourth-order valence-electron chi connectivity index (χ4n) is 3.68. The minimum Gasteiger partial charge on any atom is -0.508 e. The standard InChI is InChI=1S/C23H20FN5O/c1-12-9-14(29(3)4)5-7-16(12)21-18(11-25)22(17-8-6-15(30)10-19(17)24)26-23-20(21)13(2)27-28-23/h5-10,30H,1-4H3,(H,26,27,28). The summed E-state index contributed by atoms with van der Waals surface area (Å²) in [4.78, 5) is 6.50. The summed E-state index contributed by atoms with van der Waals surface area (Å²) in [6.45, 7) is 3.85. The van der Waals surface area contributed by atoms with E-state index < -0.39 is 5.82 Å². The number of phenols is 1. The highest BCUT2D eigenvalue weighted by Crippen LogP contribution is 2.40. The van der Waals surface area contributed by atoms with Crippen LogP contribution in [0.3, 0.4) is 0 Å². The van der Waals surface area contributed by atoms with Crippen molar-refractivity contribution in [3.05, 3.63) is 59.0 Å². The van der Waals surface area contributed by atoms with Gasteiger partial charge >= 0.3 is 0 Å². The van der Waals surface area contributed by atoms with Gasteiger partial charge in [-0.05, 0) is 49.2 Å². The Labute approximate surface area is 173 Å². The van der Waals surface area contributed by atoms with Gasteiger partial charge in [-0.2, -0.15) is 10.4 Å². The maximum Gasteiger partial charge on any atom is 0.182 e. The molecule has 0 aliphatic rings. The van der Waals surface area contributed by atoms with Crippen molar-refractivity contribution < 1.29 is 9.50 Å². The van der Waals surface area contributed by atoms with Gasteiger partial charge in [-0.3, -0.25) is 5.10 Å². The lowest BCUT2D eigenvalue weighted by molar-refractivity contribution is 0.469. The molecule has 150 valence electrons. The molecule has 2 aromatic heterocycles. The summed E-state index contributed by atoms with van der Waals surface area (Å²) in [5, 5.41) is 27.6. The number of anilines is 1. The van der Waals surface area contributed by atoms with Crippen molar-refractivity contribution in [2.75, 3.05) is 19.0 Å². The average molecular weight is 401 g/mol. The first kappa shape index (κ1) is 19.4. The van der Waals surface area contributed by atoms with E-state index in [0.29, 0.717) is 11.2 Å². The molecular weight excluding hydrogens is 381 g/mol. The van der Waals surface area contributed by atoms with Crippen LogP contribution in [0.1, 0.15) is 16.8 Å². The number of aromatic hydroxyl groups is 1. The number of aryl methyl sites for hydroxylation is 2. The monoisotopic (exact) mass is 401 g/mol. The van der Waals surface area contributed by atoms with Crippen LogP contribution in [0.4, 0.5) is 10.1 Å². The predicted molar refractivity (Wildman–Crippen MR) is 115 cm³/mol. The minimum absolute atomic E-state index is 0.135. The Bertz CT molecular complexity index is 1330. The first-order valence-corrected chi connectivity index (χ1v) is 9.37. The van der Waals surface area contributed by atoms with Gasteiger partial charge in [0.05, 0.1) is 16.6 Å². The van der Waals surface area contributed by atoms with Crippen LogP contribution in [0, 0.1) is 31.0 Å². The predicted octanol–water partition coefficient (Wildman–Crippen LogP) is 4.69. The summed E-state index contributed by atoms with van der Waals surface area (Å²) in [6.07, 6.45) is 0. The Morgan fingerprint density at radius 3 is 2.47 bits per heavy atom. The van der Waals surface area contributed by atoms with E-state index in [2.05, 4.69) is 21.3 Å². The second kappa shape index (κ2) is 7.16. The number of aromatic nitrogens is 3. The van der Waals surface area contributed by atoms with E-state index in [1.807, 2.05) is 51.0 Å². The first-order chi connectivity index (χ1) is 14.3. The number of nitriles is 1. The number of H-pyrrole nitrogens is 1. The maximum absolute atomic E-state index is 14.7. The minimum atomic E-state index is -0.656. The molecule has 0 bridgehead atoms. The van der Waals surface area contributed by atoms with Gasteiger partial charge in [0.25, 0.3) is 0 Å². The van der Waals surface area contributed by atoms with Crippen molar-refractivity contribution in [1.29, 1.82) is 5.26 Å². The van der Waals surface area contributed by atoms with E-state index >= 15 is 0 Å². The largest absolute Gasteiger partial charge is 0.508 e. The van der Waals surface area contributed by atoms with Crippen LogP contribution in [0.5, 0.6) is 5.75 Å². The average Bonchev–Trinajstić information content (AvgIpc) is 3.07. The van der Waals surface area contributed by atoms with E-state index in [1.165, 1.54) is 12.1 Å². The van der Waals surface area contributed by atoms with Gasteiger partial charge in [0.2, 0.25) is 0 Å². The summed E-state index contributed by atoms with van der Waals surface area (Å²) < 4.78 is 14.7. The van der Waals surface area contributed by atoms with E-state index in [9.17, 15) is 14.8 Å². The van der Waals surface area contributed by atoms with E-state index in [1.54, 1.807) is 0 Å². The van der Waals surface area contributed by atoms with Crippen LogP contribution in [0.25, 0.3) is 33.4 Å². The molecule has 0 radical (unpaired) electrons. The molecule has 0 saturated heterocycles. The molecule has 0 aliphatic carbocycles. The highest BCUT2D eigenvalue weighted by atomic mass is 19.1. The Morgan fingerprint density at radius 2 is 1.83 bits per heavy atom. The molecule has 0 aliphatic heterocycles. The number of fused-ring (bicyclic) bond motifs is 1. The van der Waals surface area contributed by atoms with Gasteiger partial charge in [-0.25, -0.2) is 9.37 Å². The van der Waals surface area contributed by atoms with Crippen molar-refractivity contribution in [3.8, 4) is 34.2 Å². The van der Waals surface area contributed by atoms with Crippen molar-refractivity contribution in [3.63, 3.8) is 0 Å². The Hall–Kier alpha value is -3.92. The molecule has 7 heteroatoms. The zero-order chi connectivity index (χ0) is 21.6. The first-order valence-electron chi connectivity index (χ1n) is 9.37. The van der Waals surface area contributed by atoms with Crippen LogP contribution in [0.2, 0.25) is 0 Å². The molecule has 0 amide bonds. The Morgan fingerprint density at radius 1 is 1.10 bits per heavy atom. The summed E-state index contributed by atoms with van der Waals surface area (Å²) in [6, 6.07) is 12.0. The number of pyridine rings is 1. The van der Waals surface area contributed by atoms with Crippen molar-refractivity contribution >= 4 is 16.7 Å². The molecule has 4 aromatic rings. The third-order valence-electron chi connectivity index (χ3n) is 5.20. The second-order valence-corrected chi connectivity index (χ2v) is 7.43. The fraction of sp³-hybridized carbons (Fsp3) is 0.174. The highest BCUT2D eigenvalue weighted by Gasteiger charge is 2.23. The molecule has 0 saturated carbocycles. The zero-order valence-electron chi connectivity index (χ0n) is 17.1. The number of phenolic OH excluding ortho intramolecular Hbond substituents is 1. The fourth-order valence-corrected chi connectivity index (χ4v) is 3.68. The molecule has 2 aromatic carbocycles. The molecule has 2 N–H and O–H groups in total. The summed E-state index contributed by atoms with van der Waals surface area (Å²) in [5.74, 6) is -0.849. The SMILES string of the molecule is Cc1cc(N(C)C)ccc1-c1c(C#N)c(-c2ccc(O)cc2F)nc2n[nH]c(C)c12. The number of halogens is 1. The number of nitrogens with zero attached hydrogens (tertiary/aromatic N) is 4. The zero-order valence-corrected chi connectivity index (χ0v) is 17.1. The molecule has 0 spiro atoms. The molecule has 2 heterocycles. The van der Waals surface area contributed by atoms with Crippen LogP contribution in [-0.2, 0) is 0 Å². The molecule has 0 atom stereocenters. The topological polar surface area (TPSA) is 88.8 Å². The number of benzene rings is 2. The Balaban J connectivity index is 2.11. The van der Waals surface area contributed by atoms with Crippen molar-refractivity contribution in [2.24, 2.45) is 0 Å². The molecule has 6 nitrogen and oxygen atoms in total. The summed E-state index contributed by atoms with van der Waals surface area (Å²) in [7, 11) is 3.93. The molecule has 4 rings (SSSR count). The molecule has 0 fully saturated rings. The van der Waals surface area contributed by atoms with Crippen LogP contribution < -0.4 is 4.90 Å². The molecular formula is C23H20FN5O. The number of nitrogens with one attached hydrogen (secondary N) is 1. The summed E-state index contributed by atoms with van der Waals surface area (Å²) in [5.41, 5.74) is 5.30. The number of hydrogen-bond acceptors (Lipinski definition) is 5. The van der Waals surface area contributed by atoms with Crippen LogP contribution in [-0.4, -0.2) is 34.4 Å². The number of aromatic amines is 1. The van der Waals surface area contributed by atoms with Gasteiger partial charge < -0.3 is 10.0 Å². The number of hydrogen-bond donors (Lipinski definition) is 2. The van der Waals surface area contributed by atoms with E-state index in [-0.39, 0.29) is 22.6 Å². The summed E-state index contributed by atoms with van der Waals surface area (Å²) >= 11 is 0. The van der Waals surface area contributed by atoms with Crippen molar-refractivity contribution in [2.45, 2.75) is 13.8 Å². The highest BCUT2D eigenvalue weighted by molar-refractivity contribution is 6.01. The van der Waals surface area contributed by atoms with Gasteiger partial charge in [-0.1, -0.05) is 6.07 Å². The van der Waals surface area contributed by atoms with Gasteiger partial charge in [-0.15, -0.1) is 0 Å².